The highest BCUT2D eigenvalue weighted by Gasteiger charge is 2.19. The molecule has 3 N–H and O–H groups in total. The molecule has 0 saturated heterocycles. The van der Waals surface area contributed by atoms with E-state index in [1.165, 1.54) is 0 Å². The molecule has 0 saturated carbocycles. The third-order valence-corrected chi connectivity index (χ3v) is 4.32. The molecule has 7 nitrogen and oxygen atoms in total. The van der Waals surface area contributed by atoms with Gasteiger partial charge in [0, 0.05) is 17.5 Å². The molecule has 0 bridgehead atoms. The Balaban J connectivity index is 2.17. The summed E-state index contributed by atoms with van der Waals surface area (Å²) >= 11 is 3.38. The third kappa shape index (κ3) is 3.32. The van der Waals surface area contributed by atoms with Gasteiger partial charge in [0.05, 0.1) is 12.8 Å². The summed E-state index contributed by atoms with van der Waals surface area (Å²) in [4.78, 5) is 16.7. The van der Waals surface area contributed by atoms with Crippen molar-refractivity contribution < 1.29 is 9.53 Å². The third-order valence-electron chi connectivity index (χ3n) is 3.88. The fourth-order valence-electron chi connectivity index (χ4n) is 2.61. The maximum Gasteiger partial charge on any atom is 0.273 e. The van der Waals surface area contributed by atoms with Gasteiger partial charge in [0.1, 0.15) is 21.6 Å². The lowest BCUT2D eigenvalue weighted by atomic mass is 10.0. The minimum atomic E-state index is -0.331. The van der Waals surface area contributed by atoms with Crippen molar-refractivity contribution >= 4 is 38.4 Å². The van der Waals surface area contributed by atoms with Crippen molar-refractivity contribution in [3.63, 3.8) is 0 Å². The number of carbonyl (C=O) groups excluding carboxylic acids is 1. The maximum absolute atomic E-state index is 12.2. The molecule has 0 atom stereocenters. The topological polar surface area (TPSA) is 103 Å². The summed E-state index contributed by atoms with van der Waals surface area (Å²) in [7, 11) is 1.58. The summed E-state index contributed by atoms with van der Waals surface area (Å²) in [5.74, 6) is 0.271. The maximum atomic E-state index is 12.2. The Morgan fingerprint density at radius 3 is 2.81 bits per heavy atom. The van der Waals surface area contributed by atoms with Crippen molar-refractivity contribution in [3.05, 3.63) is 40.6 Å². The molecule has 8 heteroatoms. The smallest absolute Gasteiger partial charge is 0.273 e. The van der Waals surface area contributed by atoms with Crippen molar-refractivity contribution in [3.8, 4) is 17.0 Å². The Bertz CT molecular complexity index is 977. The van der Waals surface area contributed by atoms with Gasteiger partial charge in [-0.15, -0.1) is 10.2 Å². The van der Waals surface area contributed by atoms with Crippen molar-refractivity contribution in [1.82, 2.24) is 20.5 Å². The summed E-state index contributed by atoms with van der Waals surface area (Å²) in [5, 5.41) is 11.7. The molecular weight excluding hydrogens is 398 g/mol. The standard InChI is InChI=1S/C18H18BrN5O2/c1-3-9-21-18(25)17-14(20)10-5-4-6-11(15(10)23-24-17)16-12(26-2)7-8-13(19)22-16/h4-8H,3,9H2,1-2H3,(H2,20,23)(H,21,25). The first kappa shape index (κ1) is 18.1. The highest BCUT2D eigenvalue weighted by Crippen LogP contribution is 2.35. The van der Waals surface area contributed by atoms with Crippen LogP contribution < -0.4 is 15.8 Å². The van der Waals surface area contributed by atoms with E-state index in [0.29, 0.717) is 39.2 Å². The van der Waals surface area contributed by atoms with Crippen molar-refractivity contribution in [2.24, 2.45) is 0 Å². The average Bonchev–Trinajstić information content (AvgIpc) is 2.66. The lowest BCUT2D eigenvalue weighted by Gasteiger charge is -2.12. The van der Waals surface area contributed by atoms with E-state index in [9.17, 15) is 4.79 Å². The highest BCUT2D eigenvalue weighted by atomic mass is 79.9. The van der Waals surface area contributed by atoms with E-state index >= 15 is 0 Å². The number of methoxy groups -OCH3 is 1. The molecule has 1 amide bonds. The summed E-state index contributed by atoms with van der Waals surface area (Å²) in [6.07, 6.45) is 0.825. The van der Waals surface area contributed by atoms with Crippen LogP contribution in [0.2, 0.25) is 0 Å². The number of aromatic nitrogens is 3. The number of hydrogen-bond donors (Lipinski definition) is 2. The molecular formula is C18H18BrN5O2. The molecule has 0 radical (unpaired) electrons. The largest absolute Gasteiger partial charge is 0.494 e. The summed E-state index contributed by atoms with van der Waals surface area (Å²) in [6, 6.07) is 9.12. The predicted octanol–water partition coefficient (Wildman–Crippen LogP) is 3.18. The monoisotopic (exact) mass is 415 g/mol. The summed E-state index contributed by atoms with van der Waals surface area (Å²) in [6.45, 7) is 2.53. The molecule has 2 aromatic heterocycles. The Morgan fingerprint density at radius 1 is 1.27 bits per heavy atom. The van der Waals surface area contributed by atoms with Gasteiger partial charge in [-0.1, -0.05) is 25.1 Å². The first-order valence-corrected chi connectivity index (χ1v) is 8.90. The van der Waals surface area contributed by atoms with E-state index in [1.807, 2.05) is 31.2 Å². The molecule has 0 aliphatic heterocycles. The van der Waals surface area contributed by atoms with Gasteiger partial charge in [-0.25, -0.2) is 4.98 Å². The van der Waals surface area contributed by atoms with Crippen LogP contribution in [0.15, 0.2) is 34.9 Å². The number of rotatable bonds is 5. The highest BCUT2D eigenvalue weighted by molar-refractivity contribution is 9.10. The fourth-order valence-corrected chi connectivity index (χ4v) is 2.92. The first-order valence-electron chi connectivity index (χ1n) is 8.10. The van der Waals surface area contributed by atoms with Crippen LogP contribution in [0.25, 0.3) is 22.2 Å². The van der Waals surface area contributed by atoms with Gasteiger partial charge in [-0.2, -0.15) is 0 Å². The summed E-state index contributed by atoms with van der Waals surface area (Å²) in [5.41, 5.74) is 8.52. The first-order chi connectivity index (χ1) is 12.6. The molecule has 3 aromatic rings. The second-order valence-electron chi connectivity index (χ2n) is 5.60. The Labute approximate surface area is 159 Å². The van der Waals surface area contributed by atoms with Gasteiger partial charge in [0.25, 0.3) is 5.91 Å². The number of halogens is 1. The molecule has 0 fully saturated rings. The molecule has 0 spiro atoms. The number of nitrogen functional groups attached to an aromatic ring is 1. The van der Waals surface area contributed by atoms with E-state index in [-0.39, 0.29) is 11.6 Å². The minimum Gasteiger partial charge on any atom is -0.494 e. The number of fused-ring (bicyclic) bond motifs is 1. The van der Waals surface area contributed by atoms with Gasteiger partial charge >= 0.3 is 0 Å². The normalized spacial score (nSPS) is 10.7. The number of nitrogens with two attached hydrogens (primary N) is 1. The van der Waals surface area contributed by atoms with Crippen molar-refractivity contribution in [1.29, 1.82) is 0 Å². The van der Waals surface area contributed by atoms with Gasteiger partial charge in [0.15, 0.2) is 5.69 Å². The second-order valence-corrected chi connectivity index (χ2v) is 6.42. The van der Waals surface area contributed by atoms with Crippen LogP contribution in [0, 0.1) is 0 Å². The Hall–Kier alpha value is -2.74. The van der Waals surface area contributed by atoms with E-state index in [2.05, 4.69) is 36.4 Å². The Morgan fingerprint density at radius 2 is 2.08 bits per heavy atom. The average molecular weight is 416 g/mol. The van der Waals surface area contributed by atoms with Crippen LogP contribution in [-0.2, 0) is 0 Å². The number of pyridine rings is 1. The second kappa shape index (κ2) is 7.65. The van der Waals surface area contributed by atoms with Gasteiger partial charge in [-0.3, -0.25) is 4.79 Å². The quantitative estimate of drug-likeness (QED) is 0.620. The minimum absolute atomic E-state index is 0.122. The zero-order chi connectivity index (χ0) is 18.7. The van der Waals surface area contributed by atoms with Crippen LogP contribution in [0.4, 0.5) is 5.69 Å². The number of nitrogens with one attached hydrogen (secondary N) is 1. The van der Waals surface area contributed by atoms with Crippen molar-refractivity contribution in [2.75, 3.05) is 19.4 Å². The van der Waals surface area contributed by atoms with E-state index in [4.69, 9.17) is 10.5 Å². The number of amides is 1. The number of ether oxygens (including phenoxy) is 1. The number of carbonyl (C=O) groups is 1. The number of nitrogens with zero attached hydrogens (tertiary/aromatic N) is 3. The predicted molar refractivity (Wildman–Crippen MR) is 104 cm³/mol. The molecule has 0 aliphatic rings. The van der Waals surface area contributed by atoms with Crippen LogP contribution in [-0.4, -0.2) is 34.7 Å². The van der Waals surface area contributed by atoms with Gasteiger partial charge < -0.3 is 15.8 Å². The zero-order valence-electron chi connectivity index (χ0n) is 14.4. The molecule has 0 aliphatic carbocycles. The molecule has 2 heterocycles. The van der Waals surface area contributed by atoms with Crippen LogP contribution in [0.1, 0.15) is 23.8 Å². The van der Waals surface area contributed by atoms with Crippen molar-refractivity contribution in [2.45, 2.75) is 13.3 Å². The van der Waals surface area contributed by atoms with Crippen LogP contribution in [0.5, 0.6) is 5.75 Å². The molecule has 26 heavy (non-hydrogen) atoms. The summed E-state index contributed by atoms with van der Waals surface area (Å²) < 4.78 is 6.08. The van der Waals surface area contributed by atoms with Crippen LogP contribution >= 0.6 is 15.9 Å². The lowest BCUT2D eigenvalue weighted by Crippen LogP contribution is -2.26. The van der Waals surface area contributed by atoms with E-state index in [0.717, 1.165) is 12.0 Å². The lowest BCUT2D eigenvalue weighted by molar-refractivity contribution is 0.0949. The van der Waals surface area contributed by atoms with Gasteiger partial charge in [0.2, 0.25) is 0 Å². The zero-order valence-corrected chi connectivity index (χ0v) is 16.0. The Kier molecular flexibility index (Phi) is 5.32. The molecule has 134 valence electrons. The fraction of sp³-hybridized carbons (Fsp3) is 0.222. The number of benzene rings is 1. The molecule has 0 unspecified atom stereocenters. The molecule has 1 aromatic carbocycles. The SMILES string of the molecule is CCCNC(=O)c1nnc2c(-c3nc(Br)ccc3OC)cccc2c1N. The van der Waals surface area contributed by atoms with E-state index in [1.54, 1.807) is 13.2 Å². The number of hydrogen-bond acceptors (Lipinski definition) is 6. The van der Waals surface area contributed by atoms with Gasteiger partial charge in [-0.05, 0) is 34.5 Å². The van der Waals surface area contributed by atoms with Crippen LogP contribution in [0.3, 0.4) is 0 Å². The molecule has 3 rings (SSSR count). The van der Waals surface area contributed by atoms with E-state index < -0.39 is 0 Å². The number of anilines is 1.